The lowest BCUT2D eigenvalue weighted by atomic mass is 10.1. The van der Waals surface area contributed by atoms with Gasteiger partial charge in [-0.2, -0.15) is 0 Å². The summed E-state index contributed by atoms with van der Waals surface area (Å²) >= 11 is 0. The van der Waals surface area contributed by atoms with E-state index in [4.69, 9.17) is 14.2 Å². The lowest BCUT2D eigenvalue weighted by Gasteiger charge is -2.23. The average Bonchev–Trinajstić information content (AvgIpc) is 2.58. The molecule has 2 amide bonds. The highest BCUT2D eigenvalue weighted by atomic mass is 16.5. The van der Waals surface area contributed by atoms with E-state index in [1.54, 1.807) is 18.2 Å². The molecule has 8 heteroatoms. The van der Waals surface area contributed by atoms with E-state index in [9.17, 15) is 14.4 Å². The number of esters is 1. The molecule has 0 saturated carbocycles. The minimum absolute atomic E-state index is 0.0470. The summed E-state index contributed by atoms with van der Waals surface area (Å²) in [5.41, 5.74) is 0.235. The van der Waals surface area contributed by atoms with Crippen LogP contribution in [-0.2, 0) is 25.5 Å². The summed E-state index contributed by atoms with van der Waals surface area (Å²) < 4.78 is 15.4. The number of carbonyl (C=O) groups excluding carboxylic acids is 3. The van der Waals surface area contributed by atoms with E-state index >= 15 is 0 Å². The van der Waals surface area contributed by atoms with Gasteiger partial charge in [-0.3, -0.25) is 14.4 Å². The summed E-state index contributed by atoms with van der Waals surface area (Å²) in [7, 11) is 4.50. The molecule has 1 aromatic carbocycles. The van der Waals surface area contributed by atoms with Gasteiger partial charge in [-0.05, 0) is 26.8 Å². The molecule has 27 heavy (non-hydrogen) atoms. The summed E-state index contributed by atoms with van der Waals surface area (Å²) in [4.78, 5) is 37.1. The Hall–Kier alpha value is -2.77. The molecule has 150 valence electrons. The maximum Gasteiger partial charge on any atom is 0.310 e. The van der Waals surface area contributed by atoms with Crippen molar-refractivity contribution in [3.8, 4) is 11.5 Å². The fourth-order valence-electron chi connectivity index (χ4n) is 2.22. The fourth-order valence-corrected chi connectivity index (χ4v) is 2.22. The molecule has 0 aromatic heterocycles. The van der Waals surface area contributed by atoms with Crippen molar-refractivity contribution in [2.75, 3.05) is 34.4 Å². The Morgan fingerprint density at radius 2 is 1.78 bits per heavy atom. The molecule has 8 nitrogen and oxygen atoms in total. The quantitative estimate of drug-likeness (QED) is 0.680. The number of nitrogens with one attached hydrogen (secondary N) is 1. The molecule has 0 fully saturated rings. The monoisotopic (exact) mass is 380 g/mol. The summed E-state index contributed by atoms with van der Waals surface area (Å²) in [5.74, 6) is -0.219. The van der Waals surface area contributed by atoms with E-state index in [2.05, 4.69) is 5.32 Å². The Balaban J connectivity index is 2.52. The van der Waals surface area contributed by atoms with E-state index < -0.39 is 18.5 Å². The van der Waals surface area contributed by atoms with Crippen molar-refractivity contribution < 1.29 is 28.6 Å². The summed E-state index contributed by atoms with van der Waals surface area (Å²) in [5, 5.41) is 2.76. The van der Waals surface area contributed by atoms with Gasteiger partial charge >= 0.3 is 5.97 Å². The smallest absolute Gasteiger partial charge is 0.310 e. The van der Waals surface area contributed by atoms with Gasteiger partial charge in [0.25, 0.3) is 5.91 Å². The van der Waals surface area contributed by atoms with Crippen LogP contribution in [0.2, 0.25) is 0 Å². The molecule has 0 bridgehead atoms. The number of methoxy groups -OCH3 is 2. The maximum atomic E-state index is 12.0. The third-order valence-corrected chi connectivity index (χ3v) is 3.51. The van der Waals surface area contributed by atoms with Crippen molar-refractivity contribution in [3.05, 3.63) is 23.8 Å². The molecule has 0 aliphatic heterocycles. The molecular formula is C19H28N2O6. The van der Waals surface area contributed by atoms with Gasteiger partial charge in [0.15, 0.2) is 6.61 Å². The number of rotatable bonds is 8. The first kappa shape index (κ1) is 22.3. The minimum Gasteiger partial charge on any atom is -0.497 e. The summed E-state index contributed by atoms with van der Waals surface area (Å²) in [6.07, 6.45) is -0.0470. The highest BCUT2D eigenvalue weighted by molar-refractivity contribution is 5.86. The number of likely N-dealkylation sites (N-methyl/N-ethyl adjacent to an activating group) is 1. The number of nitrogens with zero attached hydrogens (tertiary/aromatic N) is 1. The third-order valence-electron chi connectivity index (χ3n) is 3.51. The van der Waals surface area contributed by atoms with Crippen LogP contribution < -0.4 is 14.8 Å². The molecule has 0 aliphatic carbocycles. The Morgan fingerprint density at radius 3 is 2.33 bits per heavy atom. The van der Waals surface area contributed by atoms with Crippen molar-refractivity contribution in [2.24, 2.45) is 0 Å². The highest BCUT2D eigenvalue weighted by Gasteiger charge is 2.19. The Kier molecular flexibility index (Phi) is 8.08. The van der Waals surface area contributed by atoms with Gasteiger partial charge < -0.3 is 24.4 Å². The second-order valence-corrected chi connectivity index (χ2v) is 7.06. The van der Waals surface area contributed by atoms with Crippen LogP contribution >= 0.6 is 0 Å². The molecular weight excluding hydrogens is 352 g/mol. The van der Waals surface area contributed by atoms with Gasteiger partial charge in [0.2, 0.25) is 5.91 Å². The van der Waals surface area contributed by atoms with E-state index in [-0.39, 0.29) is 24.4 Å². The fraction of sp³-hybridized carbons (Fsp3) is 0.526. The molecule has 0 spiro atoms. The van der Waals surface area contributed by atoms with Crippen LogP contribution in [0.25, 0.3) is 0 Å². The first-order valence-electron chi connectivity index (χ1n) is 8.47. The third kappa shape index (κ3) is 7.98. The first-order chi connectivity index (χ1) is 12.6. The lowest BCUT2D eigenvalue weighted by molar-refractivity contribution is -0.151. The van der Waals surface area contributed by atoms with Gasteiger partial charge in [-0.1, -0.05) is 6.07 Å². The van der Waals surface area contributed by atoms with Crippen LogP contribution in [0, 0.1) is 0 Å². The average molecular weight is 380 g/mol. The molecule has 1 aromatic rings. The number of carbonyl (C=O) groups is 3. The zero-order valence-electron chi connectivity index (χ0n) is 16.8. The van der Waals surface area contributed by atoms with Crippen molar-refractivity contribution in [1.29, 1.82) is 0 Å². The topological polar surface area (TPSA) is 94.2 Å². The zero-order valence-corrected chi connectivity index (χ0v) is 16.8. The van der Waals surface area contributed by atoms with Gasteiger partial charge in [0.1, 0.15) is 11.5 Å². The number of ether oxygens (including phenoxy) is 3. The molecule has 0 unspecified atom stereocenters. The van der Waals surface area contributed by atoms with Crippen molar-refractivity contribution >= 4 is 17.8 Å². The molecule has 1 rings (SSSR count). The predicted octanol–water partition coefficient (Wildman–Crippen LogP) is 1.16. The van der Waals surface area contributed by atoms with Crippen LogP contribution in [0.5, 0.6) is 11.5 Å². The number of hydrogen-bond donors (Lipinski definition) is 1. The standard InChI is InChI=1S/C19H28N2O6/c1-19(2,3)20-16(22)11-21(4)17(23)12-27-18(24)9-13-7-8-14(25-5)10-15(13)26-6/h7-8,10H,9,11-12H2,1-6H3,(H,20,22). The maximum absolute atomic E-state index is 12.0. The van der Waals surface area contributed by atoms with Gasteiger partial charge in [-0.15, -0.1) is 0 Å². The van der Waals surface area contributed by atoms with Crippen molar-refractivity contribution in [1.82, 2.24) is 10.2 Å². The van der Waals surface area contributed by atoms with E-state index in [1.165, 1.54) is 26.2 Å². The molecule has 1 N–H and O–H groups in total. The van der Waals surface area contributed by atoms with E-state index in [0.29, 0.717) is 17.1 Å². The number of amides is 2. The van der Waals surface area contributed by atoms with Gasteiger partial charge in [0.05, 0.1) is 27.2 Å². The van der Waals surface area contributed by atoms with E-state index in [0.717, 1.165) is 0 Å². The second kappa shape index (κ2) is 9.80. The van der Waals surface area contributed by atoms with Crippen molar-refractivity contribution in [2.45, 2.75) is 32.7 Å². The molecule has 0 radical (unpaired) electrons. The van der Waals surface area contributed by atoms with Crippen LogP contribution in [0.3, 0.4) is 0 Å². The van der Waals surface area contributed by atoms with Gasteiger partial charge in [0, 0.05) is 24.2 Å². The van der Waals surface area contributed by atoms with Crippen LogP contribution in [0.4, 0.5) is 0 Å². The largest absolute Gasteiger partial charge is 0.497 e. The number of hydrogen-bond acceptors (Lipinski definition) is 6. The van der Waals surface area contributed by atoms with E-state index in [1.807, 2.05) is 20.8 Å². The Labute approximate surface area is 159 Å². The second-order valence-electron chi connectivity index (χ2n) is 7.06. The normalized spacial score (nSPS) is 10.7. The molecule has 0 atom stereocenters. The molecule has 0 aliphatic rings. The van der Waals surface area contributed by atoms with Gasteiger partial charge in [-0.25, -0.2) is 0 Å². The molecule has 0 heterocycles. The minimum atomic E-state index is -0.570. The molecule has 0 saturated heterocycles. The lowest BCUT2D eigenvalue weighted by Crippen LogP contribution is -2.46. The SMILES string of the molecule is COc1ccc(CC(=O)OCC(=O)N(C)CC(=O)NC(C)(C)C)c(OC)c1. The zero-order chi connectivity index (χ0) is 20.6. The number of benzene rings is 1. The summed E-state index contributed by atoms with van der Waals surface area (Å²) in [6.45, 7) is 5.00. The Bertz CT molecular complexity index is 681. The predicted molar refractivity (Wildman–Crippen MR) is 99.7 cm³/mol. The van der Waals surface area contributed by atoms with Crippen LogP contribution in [0.15, 0.2) is 18.2 Å². The van der Waals surface area contributed by atoms with Crippen LogP contribution in [-0.4, -0.2) is 62.6 Å². The highest BCUT2D eigenvalue weighted by Crippen LogP contribution is 2.25. The van der Waals surface area contributed by atoms with Crippen LogP contribution in [0.1, 0.15) is 26.3 Å². The Morgan fingerprint density at radius 1 is 1.11 bits per heavy atom. The summed E-state index contributed by atoms with van der Waals surface area (Å²) in [6, 6.07) is 5.07. The first-order valence-corrected chi connectivity index (χ1v) is 8.47. The van der Waals surface area contributed by atoms with Crippen molar-refractivity contribution in [3.63, 3.8) is 0 Å².